The van der Waals surface area contributed by atoms with Crippen LogP contribution in [0.3, 0.4) is 0 Å². The van der Waals surface area contributed by atoms with E-state index in [4.69, 9.17) is 0 Å². The molecule has 1 saturated heterocycles. The number of likely N-dealkylation sites (N-methyl/N-ethyl adjacent to an activating group) is 1. The van der Waals surface area contributed by atoms with Gasteiger partial charge in [-0.15, -0.1) is 50.9 Å². The summed E-state index contributed by atoms with van der Waals surface area (Å²) in [4.78, 5) is 8.65. The van der Waals surface area contributed by atoms with Crippen LogP contribution in [-0.2, 0) is 6.54 Å². The second-order valence-electron chi connectivity index (χ2n) is 4.19. The SMILES string of the molecule is Br.Br.Br.CN1CCN(Cc2ccnc(Br)c2O)CC1. The maximum absolute atomic E-state index is 9.83. The normalized spacial score (nSPS) is 15.9. The third-order valence-electron chi connectivity index (χ3n) is 2.95. The van der Waals surface area contributed by atoms with Crippen molar-refractivity contribution in [3.8, 4) is 5.75 Å². The van der Waals surface area contributed by atoms with Gasteiger partial charge in [0.25, 0.3) is 0 Å². The standard InChI is InChI=1S/C11H16BrN3O.3BrH/c1-14-4-6-15(7-5-14)8-9-2-3-13-11(12)10(9)16;;;/h2-3,16H,4-8H2,1H3;3*1H. The van der Waals surface area contributed by atoms with Crippen LogP contribution in [0, 0.1) is 0 Å². The minimum Gasteiger partial charge on any atom is -0.505 e. The zero-order valence-corrected chi connectivity index (χ0v) is 17.3. The molecular formula is C11H19Br4N3O. The van der Waals surface area contributed by atoms with E-state index >= 15 is 0 Å². The van der Waals surface area contributed by atoms with Crippen molar-refractivity contribution in [2.24, 2.45) is 0 Å². The van der Waals surface area contributed by atoms with E-state index in [9.17, 15) is 5.11 Å². The fraction of sp³-hybridized carbons (Fsp3) is 0.545. The molecule has 0 bridgehead atoms. The first-order valence-corrected chi connectivity index (χ1v) is 6.19. The van der Waals surface area contributed by atoms with Crippen molar-refractivity contribution in [1.29, 1.82) is 0 Å². The monoisotopic (exact) mass is 525 g/mol. The topological polar surface area (TPSA) is 39.6 Å². The molecule has 0 aromatic carbocycles. The highest BCUT2D eigenvalue weighted by molar-refractivity contribution is 9.10. The Bertz CT molecular complexity index is 373. The number of aromatic hydroxyl groups is 1. The van der Waals surface area contributed by atoms with Gasteiger partial charge >= 0.3 is 0 Å². The summed E-state index contributed by atoms with van der Waals surface area (Å²) in [5, 5.41) is 9.83. The van der Waals surface area contributed by atoms with E-state index < -0.39 is 0 Å². The largest absolute Gasteiger partial charge is 0.505 e. The van der Waals surface area contributed by atoms with Crippen molar-refractivity contribution >= 4 is 66.9 Å². The van der Waals surface area contributed by atoms with Crippen LogP contribution >= 0.6 is 66.9 Å². The number of halogens is 4. The quantitative estimate of drug-likeness (QED) is 0.599. The van der Waals surface area contributed by atoms with Crippen LogP contribution in [0.4, 0.5) is 0 Å². The van der Waals surface area contributed by atoms with E-state index in [1.54, 1.807) is 6.20 Å². The van der Waals surface area contributed by atoms with Gasteiger partial charge in [0.15, 0.2) is 5.75 Å². The molecular weight excluding hydrogens is 510 g/mol. The van der Waals surface area contributed by atoms with E-state index in [0.717, 1.165) is 38.3 Å². The molecule has 1 aliphatic heterocycles. The molecule has 1 aromatic heterocycles. The molecule has 2 heterocycles. The van der Waals surface area contributed by atoms with Crippen LogP contribution in [0.1, 0.15) is 5.56 Å². The number of hydrogen-bond donors (Lipinski definition) is 1. The highest BCUT2D eigenvalue weighted by Crippen LogP contribution is 2.26. The number of rotatable bonds is 2. The summed E-state index contributed by atoms with van der Waals surface area (Å²) >= 11 is 3.23. The van der Waals surface area contributed by atoms with Gasteiger partial charge in [0.2, 0.25) is 0 Å². The predicted molar refractivity (Wildman–Crippen MR) is 97.3 cm³/mol. The van der Waals surface area contributed by atoms with E-state index in [1.807, 2.05) is 6.07 Å². The lowest BCUT2D eigenvalue weighted by Crippen LogP contribution is -2.43. The molecule has 0 unspecified atom stereocenters. The number of nitrogens with zero attached hydrogens (tertiary/aromatic N) is 3. The Morgan fingerprint density at radius 1 is 1.21 bits per heavy atom. The lowest BCUT2D eigenvalue weighted by molar-refractivity contribution is 0.147. The second kappa shape index (κ2) is 10.5. The minimum absolute atomic E-state index is 0. The zero-order chi connectivity index (χ0) is 11.5. The van der Waals surface area contributed by atoms with Crippen molar-refractivity contribution in [1.82, 2.24) is 14.8 Å². The summed E-state index contributed by atoms with van der Waals surface area (Å²) in [7, 11) is 2.14. The Balaban J connectivity index is 0. The average molecular weight is 529 g/mol. The third-order valence-corrected chi connectivity index (χ3v) is 3.53. The first-order valence-electron chi connectivity index (χ1n) is 5.40. The molecule has 0 radical (unpaired) electrons. The zero-order valence-electron chi connectivity index (χ0n) is 10.6. The van der Waals surface area contributed by atoms with Gasteiger partial charge in [0, 0.05) is 44.5 Å². The molecule has 1 N–H and O–H groups in total. The maximum atomic E-state index is 9.83. The molecule has 0 saturated carbocycles. The van der Waals surface area contributed by atoms with Crippen LogP contribution in [0.15, 0.2) is 16.9 Å². The van der Waals surface area contributed by atoms with Crippen LogP contribution in [0.5, 0.6) is 5.75 Å². The molecule has 2 rings (SSSR count). The molecule has 0 aliphatic carbocycles. The van der Waals surface area contributed by atoms with Crippen LogP contribution < -0.4 is 0 Å². The van der Waals surface area contributed by atoms with E-state index in [1.165, 1.54) is 0 Å². The number of aromatic nitrogens is 1. The van der Waals surface area contributed by atoms with Gasteiger partial charge in [-0.2, -0.15) is 0 Å². The average Bonchev–Trinajstić information content (AvgIpc) is 2.28. The minimum atomic E-state index is 0. The molecule has 0 spiro atoms. The molecule has 19 heavy (non-hydrogen) atoms. The van der Waals surface area contributed by atoms with Crippen molar-refractivity contribution in [3.05, 3.63) is 22.4 Å². The summed E-state index contributed by atoms with van der Waals surface area (Å²) in [5.74, 6) is 0.265. The summed E-state index contributed by atoms with van der Waals surface area (Å²) in [6, 6.07) is 1.87. The van der Waals surface area contributed by atoms with Crippen LogP contribution in [0.25, 0.3) is 0 Å². The summed E-state index contributed by atoms with van der Waals surface area (Å²) in [5.41, 5.74) is 0.937. The fourth-order valence-corrected chi connectivity index (χ4v) is 2.21. The third kappa shape index (κ3) is 6.39. The summed E-state index contributed by atoms with van der Waals surface area (Å²) < 4.78 is 0.527. The number of piperazine rings is 1. The van der Waals surface area contributed by atoms with Gasteiger partial charge in [-0.05, 0) is 29.0 Å². The predicted octanol–water partition coefficient (Wildman–Crippen LogP) is 3.03. The van der Waals surface area contributed by atoms with E-state index in [2.05, 4.69) is 37.8 Å². The van der Waals surface area contributed by atoms with Gasteiger partial charge in [0.05, 0.1) is 0 Å². The van der Waals surface area contributed by atoms with Crippen LogP contribution in [-0.4, -0.2) is 53.1 Å². The van der Waals surface area contributed by atoms with Crippen molar-refractivity contribution in [2.45, 2.75) is 6.54 Å². The Kier molecular flexibility index (Phi) is 12.2. The van der Waals surface area contributed by atoms with E-state index in [0.29, 0.717) is 4.60 Å². The first-order chi connectivity index (χ1) is 7.66. The molecule has 4 nitrogen and oxygen atoms in total. The number of hydrogen-bond acceptors (Lipinski definition) is 4. The van der Waals surface area contributed by atoms with Crippen molar-refractivity contribution < 1.29 is 5.11 Å². The van der Waals surface area contributed by atoms with Crippen molar-refractivity contribution in [3.63, 3.8) is 0 Å². The first kappa shape index (κ1) is 22.1. The van der Waals surface area contributed by atoms with Gasteiger partial charge in [0.1, 0.15) is 4.60 Å². The lowest BCUT2D eigenvalue weighted by atomic mass is 10.2. The molecule has 1 aliphatic rings. The number of pyridine rings is 1. The van der Waals surface area contributed by atoms with Gasteiger partial charge in [-0.1, -0.05) is 0 Å². The molecule has 1 aromatic rings. The van der Waals surface area contributed by atoms with Crippen molar-refractivity contribution in [2.75, 3.05) is 33.2 Å². The van der Waals surface area contributed by atoms with Gasteiger partial charge in [-0.3, -0.25) is 4.90 Å². The summed E-state index contributed by atoms with van der Waals surface area (Å²) in [6.07, 6.45) is 1.72. The molecule has 0 amide bonds. The Hall–Kier alpha value is 0.790. The Morgan fingerprint density at radius 3 is 2.37 bits per heavy atom. The lowest BCUT2D eigenvalue weighted by Gasteiger charge is -2.32. The van der Waals surface area contributed by atoms with Gasteiger partial charge < -0.3 is 10.0 Å². The smallest absolute Gasteiger partial charge is 0.152 e. The van der Waals surface area contributed by atoms with Crippen LogP contribution in [0.2, 0.25) is 0 Å². The molecule has 1 fully saturated rings. The Morgan fingerprint density at radius 2 is 1.79 bits per heavy atom. The Labute approximate surface area is 154 Å². The maximum Gasteiger partial charge on any atom is 0.152 e. The highest BCUT2D eigenvalue weighted by Gasteiger charge is 2.16. The molecule has 112 valence electrons. The van der Waals surface area contributed by atoms with Gasteiger partial charge in [-0.25, -0.2) is 4.98 Å². The fourth-order valence-electron chi connectivity index (χ4n) is 1.84. The summed E-state index contributed by atoms with van der Waals surface area (Å²) in [6.45, 7) is 5.08. The highest BCUT2D eigenvalue weighted by atomic mass is 79.9. The molecule has 0 atom stereocenters. The second-order valence-corrected chi connectivity index (χ2v) is 4.94. The molecule has 8 heteroatoms. The van der Waals surface area contributed by atoms with E-state index in [-0.39, 0.29) is 56.7 Å².